The number of benzene rings is 1. The van der Waals surface area contributed by atoms with Crippen molar-refractivity contribution in [3.8, 4) is 0 Å². The van der Waals surface area contributed by atoms with E-state index in [-0.39, 0.29) is 28.9 Å². The van der Waals surface area contributed by atoms with Gasteiger partial charge in [-0.25, -0.2) is 17.9 Å². The third kappa shape index (κ3) is 3.03. The molecule has 0 aliphatic rings. The highest BCUT2D eigenvalue weighted by molar-refractivity contribution is 14.0. The predicted octanol–water partition coefficient (Wildman–Crippen LogP) is 1.09. The summed E-state index contributed by atoms with van der Waals surface area (Å²) in [4.78, 5) is -0.0844. The largest absolute Gasteiger partial charge is 0.238 e. The molecule has 0 aliphatic carbocycles. The zero-order chi connectivity index (χ0) is 8.48. The molecule has 68 valence electrons. The average Bonchev–Trinajstić information content (AvgIpc) is 1.86. The molecule has 0 spiro atoms. The van der Waals surface area contributed by atoms with Crippen molar-refractivity contribution in [2.45, 2.75) is 4.90 Å². The van der Waals surface area contributed by atoms with Crippen LogP contribution < -0.4 is 5.14 Å². The first kappa shape index (κ1) is 11.8. The number of hydrogen-bond acceptors (Lipinski definition) is 2. The molecule has 12 heavy (non-hydrogen) atoms. The first-order valence-corrected chi connectivity index (χ1v) is 4.33. The Balaban J connectivity index is 0.00000121. The van der Waals surface area contributed by atoms with Crippen molar-refractivity contribution in [3.63, 3.8) is 0 Å². The number of rotatable bonds is 1. The molecule has 6 heteroatoms. The molecular weight excluding hydrogens is 296 g/mol. The molecule has 0 unspecified atom stereocenters. The smallest absolute Gasteiger partial charge is 0.225 e. The van der Waals surface area contributed by atoms with Gasteiger partial charge < -0.3 is 0 Å². The molecule has 0 saturated carbocycles. The van der Waals surface area contributed by atoms with E-state index < -0.39 is 15.8 Å². The summed E-state index contributed by atoms with van der Waals surface area (Å²) in [5.74, 6) is -0.489. The van der Waals surface area contributed by atoms with Crippen molar-refractivity contribution < 1.29 is 12.8 Å². The minimum Gasteiger partial charge on any atom is -0.225 e. The highest BCUT2D eigenvalue weighted by Gasteiger charge is 2.05. The lowest BCUT2D eigenvalue weighted by Crippen LogP contribution is -2.11. The molecule has 1 aromatic rings. The Morgan fingerprint density at radius 3 is 1.92 bits per heavy atom. The normalized spacial score (nSPS) is 10.5. The Morgan fingerprint density at radius 2 is 1.58 bits per heavy atom. The number of nitrogens with two attached hydrogens (primary N) is 1. The van der Waals surface area contributed by atoms with E-state index >= 15 is 0 Å². The van der Waals surface area contributed by atoms with Gasteiger partial charge in [-0.1, -0.05) is 0 Å². The van der Waals surface area contributed by atoms with Crippen LogP contribution in [0.1, 0.15) is 0 Å². The molecule has 0 aromatic heterocycles. The molecule has 0 saturated heterocycles. The van der Waals surface area contributed by atoms with Gasteiger partial charge in [-0.2, -0.15) is 0 Å². The molecular formula is C6H7FINO2S. The van der Waals surface area contributed by atoms with Crippen molar-refractivity contribution >= 4 is 34.0 Å². The maximum atomic E-state index is 12.2. The second kappa shape index (κ2) is 4.15. The third-order valence-electron chi connectivity index (χ3n) is 1.14. The molecule has 0 fully saturated rings. The number of halogens is 2. The zero-order valence-corrected chi connectivity index (χ0v) is 9.04. The molecule has 3 nitrogen and oxygen atoms in total. The zero-order valence-electron chi connectivity index (χ0n) is 5.90. The van der Waals surface area contributed by atoms with Gasteiger partial charge in [0.15, 0.2) is 0 Å². The first-order chi connectivity index (χ1) is 5.00. The summed E-state index contributed by atoms with van der Waals surface area (Å²) in [5.41, 5.74) is 0. The Morgan fingerprint density at radius 1 is 1.17 bits per heavy atom. The first-order valence-electron chi connectivity index (χ1n) is 2.78. The Hall–Kier alpha value is -0.210. The Labute approximate surface area is 86.8 Å². The summed E-state index contributed by atoms with van der Waals surface area (Å²) >= 11 is 0. The van der Waals surface area contributed by atoms with Gasteiger partial charge in [-0.15, -0.1) is 24.0 Å². The molecule has 0 bridgehead atoms. The van der Waals surface area contributed by atoms with Gasteiger partial charge in [0, 0.05) is 0 Å². The van der Waals surface area contributed by atoms with Gasteiger partial charge in [0.25, 0.3) is 0 Å². The van der Waals surface area contributed by atoms with E-state index in [4.69, 9.17) is 5.14 Å². The summed E-state index contributed by atoms with van der Waals surface area (Å²) in [5, 5.41) is 4.76. The van der Waals surface area contributed by atoms with E-state index in [0.717, 1.165) is 24.3 Å². The van der Waals surface area contributed by atoms with Gasteiger partial charge in [-0.3, -0.25) is 0 Å². The van der Waals surface area contributed by atoms with E-state index in [0.29, 0.717) is 0 Å². The minimum atomic E-state index is -3.69. The second-order valence-corrected chi connectivity index (χ2v) is 3.56. The fourth-order valence-corrected chi connectivity index (χ4v) is 1.14. The van der Waals surface area contributed by atoms with Crippen LogP contribution in [0.5, 0.6) is 0 Å². The van der Waals surface area contributed by atoms with Crippen molar-refractivity contribution in [1.29, 1.82) is 0 Å². The summed E-state index contributed by atoms with van der Waals surface area (Å²) in [6.07, 6.45) is 0. The molecule has 1 aromatic carbocycles. The molecule has 2 N–H and O–H groups in total. The fourth-order valence-electron chi connectivity index (χ4n) is 0.624. The van der Waals surface area contributed by atoms with Crippen LogP contribution in [-0.2, 0) is 10.0 Å². The summed E-state index contributed by atoms with van der Waals surface area (Å²) < 4.78 is 33.4. The van der Waals surface area contributed by atoms with Gasteiger partial charge in [0.05, 0.1) is 4.90 Å². The monoisotopic (exact) mass is 303 g/mol. The van der Waals surface area contributed by atoms with Crippen LogP contribution >= 0.6 is 24.0 Å². The lowest BCUT2D eigenvalue weighted by Gasteiger charge is -1.95. The van der Waals surface area contributed by atoms with Crippen LogP contribution in [-0.4, -0.2) is 8.42 Å². The van der Waals surface area contributed by atoms with Crippen LogP contribution in [0.15, 0.2) is 29.2 Å². The van der Waals surface area contributed by atoms with E-state index in [2.05, 4.69) is 0 Å². The van der Waals surface area contributed by atoms with Crippen LogP contribution in [0.3, 0.4) is 0 Å². The quantitative estimate of drug-likeness (QED) is 0.790. The van der Waals surface area contributed by atoms with Crippen molar-refractivity contribution in [3.05, 3.63) is 30.1 Å². The highest BCUT2D eigenvalue weighted by atomic mass is 127. The standard InChI is InChI=1S/C6H6FNO2S.HI/c7-5-1-3-6(4-2-5)11(8,9)10;/h1-4H,(H2,8,9,10);1H. The maximum absolute atomic E-state index is 12.2. The van der Waals surface area contributed by atoms with E-state index in [1.54, 1.807) is 0 Å². The van der Waals surface area contributed by atoms with Gasteiger partial charge in [0.2, 0.25) is 10.0 Å². The van der Waals surface area contributed by atoms with Gasteiger partial charge in [0.1, 0.15) is 5.82 Å². The topological polar surface area (TPSA) is 60.2 Å². The number of sulfonamides is 1. The minimum absolute atomic E-state index is 0. The van der Waals surface area contributed by atoms with E-state index in [1.807, 2.05) is 0 Å². The van der Waals surface area contributed by atoms with E-state index in [1.165, 1.54) is 0 Å². The van der Waals surface area contributed by atoms with Gasteiger partial charge in [-0.05, 0) is 24.3 Å². The van der Waals surface area contributed by atoms with Gasteiger partial charge >= 0.3 is 0 Å². The fraction of sp³-hybridized carbons (Fsp3) is 0. The van der Waals surface area contributed by atoms with Crippen molar-refractivity contribution in [2.75, 3.05) is 0 Å². The summed E-state index contributed by atoms with van der Waals surface area (Å²) in [6.45, 7) is 0. The van der Waals surface area contributed by atoms with Crippen LogP contribution in [0, 0.1) is 5.82 Å². The number of primary sulfonamides is 1. The Kier molecular flexibility index (Phi) is 4.08. The van der Waals surface area contributed by atoms with Crippen molar-refractivity contribution in [2.24, 2.45) is 5.14 Å². The lowest BCUT2D eigenvalue weighted by molar-refractivity contribution is 0.596. The third-order valence-corrected chi connectivity index (χ3v) is 2.07. The highest BCUT2D eigenvalue weighted by Crippen LogP contribution is 2.06. The maximum Gasteiger partial charge on any atom is 0.238 e. The van der Waals surface area contributed by atoms with Crippen molar-refractivity contribution in [1.82, 2.24) is 0 Å². The summed E-state index contributed by atoms with van der Waals surface area (Å²) in [7, 11) is -3.69. The second-order valence-electron chi connectivity index (χ2n) is 2.00. The predicted molar refractivity (Wildman–Crippen MR) is 53.2 cm³/mol. The average molecular weight is 303 g/mol. The van der Waals surface area contributed by atoms with E-state index in [9.17, 15) is 12.8 Å². The van der Waals surface area contributed by atoms with Crippen LogP contribution in [0.25, 0.3) is 0 Å². The number of hydrogen-bond donors (Lipinski definition) is 1. The van der Waals surface area contributed by atoms with Crippen LogP contribution in [0.4, 0.5) is 4.39 Å². The summed E-state index contributed by atoms with van der Waals surface area (Å²) in [6, 6.07) is 4.31. The molecule has 0 radical (unpaired) electrons. The van der Waals surface area contributed by atoms with Crippen LogP contribution in [0.2, 0.25) is 0 Å². The Bertz CT molecular complexity index is 348. The molecule has 0 atom stereocenters. The lowest BCUT2D eigenvalue weighted by atomic mass is 10.4. The molecule has 0 aliphatic heterocycles. The molecule has 0 amide bonds. The molecule has 0 heterocycles. The SMILES string of the molecule is I.NS(=O)(=O)c1ccc(F)cc1. The molecule has 1 rings (SSSR count).